The summed E-state index contributed by atoms with van der Waals surface area (Å²) in [4.78, 5) is 5.00. The number of fused-ring (bicyclic) bond motifs is 1. The van der Waals surface area contributed by atoms with E-state index in [0.29, 0.717) is 12.2 Å². The van der Waals surface area contributed by atoms with Gasteiger partial charge < -0.3 is 15.1 Å². The summed E-state index contributed by atoms with van der Waals surface area (Å²) in [6, 6.07) is 13.0. The molecule has 2 aliphatic heterocycles. The van der Waals surface area contributed by atoms with E-state index in [-0.39, 0.29) is 17.3 Å². The van der Waals surface area contributed by atoms with Gasteiger partial charge in [-0.25, -0.2) is 4.39 Å². The number of halogens is 1. The van der Waals surface area contributed by atoms with Gasteiger partial charge in [-0.3, -0.25) is 4.90 Å². The Hall–Kier alpha value is -1.95. The third-order valence-corrected chi connectivity index (χ3v) is 9.18. The van der Waals surface area contributed by atoms with Gasteiger partial charge in [0.15, 0.2) is 0 Å². The first-order valence-electron chi connectivity index (χ1n) is 12.7. The second-order valence-corrected chi connectivity index (χ2v) is 10.9. The summed E-state index contributed by atoms with van der Waals surface area (Å²) in [6.45, 7) is 4.65. The Labute approximate surface area is 196 Å². The maximum Gasteiger partial charge on any atom is 0.126 e. The van der Waals surface area contributed by atoms with E-state index in [2.05, 4.69) is 15.9 Å². The Morgan fingerprint density at radius 2 is 1.79 bits per heavy atom. The molecule has 3 fully saturated rings. The zero-order valence-electron chi connectivity index (χ0n) is 19.3. The van der Waals surface area contributed by atoms with Crippen molar-refractivity contribution in [2.75, 3.05) is 32.7 Å². The largest absolute Gasteiger partial charge is 0.508 e. The molecule has 0 amide bonds. The minimum Gasteiger partial charge on any atom is -0.508 e. The molecule has 0 aromatic heterocycles. The summed E-state index contributed by atoms with van der Waals surface area (Å²) < 4.78 is 14.2. The lowest BCUT2D eigenvalue weighted by atomic mass is 9.52. The Kier molecular flexibility index (Phi) is 5.28. The van der Waals surface area contributed by atoms with Crippen molar-refractivity contribution in [2.24, 2.45) is 5.92 Å². The molecule has 2 saturated heterocycles. The average Bonchev–Trinajstić information content (AvgIpc) is 3.63. The van der Waals surface area contributed by atoms with E-state index >= 15 is 0 Å². The maximum atomic E-state index is 14.2. The topological polar surface area (TPSA) is 46.9 Å². The summed E-state index contributed by atoms with van der Waals surface area (Å²) in [5.74, 6) is 0.963. The van der Waals surface area contributed by atoms with Gasteiger partial charge in [0.05, 0.1) is 5.60 Å². The molecule has 2 aromatic rings. The molecule has 2 N–H and O–H groups in total. The van der Waals surface area contributed by atoms with E-state index in [0.717, 1.165) is 69.9 Å². The SMILES string of the molecule is Oc1ccc2c(c1)C13CCN(CCc4ccccc4F)CCC1(O)C(C2)N(CC1CC1)CC3. The number of aromatic hydroxyl groups is 1. The van der Waals surface area contributed by atoms with Gasteiger partial charge in [-0.2, -0.15) is 0 Å². The lowest BCUT2D eigenvalue weighted by Gasteiger charge is -2.61. The van der Waals surface area contributed by atoms with Crippen LogP contribution >= 0.6 is 0 Å². The minimum absolute atomic E-state index is 0.130. The van der Waals surface area contributed by atoms with Crippen molar-refractivity contribution in [3.05, 3.63) is 65.0 Å². The highest BCUT2D eigenvalue weighted by molar-refractivity contribution is 5.48. The lowest BCUT2D eigenvalue weighted by molar-refractivity contribution is -0.149. The molecule has 3 atom stereocenters. The van der Waals surface area contributed by atoms with E-state index in [4.69, 9.17) is 0 Å². The van der Waals surface area contributed by atoms with E-state index < -0.39 is 5.60 Å². The van der Waals surface area contributed by atoms with Crippen molar-refractivity contribution in [3.63, 3.8) is 0 Å². The number of rotatable bonds is 5. The third kappa shape index (κ3) is 3.60. The van der Waals surface area contributed by atoms with Crippen molar-refractivity contribution in [1.82, 2.24) is 9.80 Å². The van der Waals surface area contributed by atoms with Gasteiger partial charge in [-0.1, -0.05) is 24.3 Å². The van der Waals surface area contributed by atoms with Gasteiger partial charge >= 0.3 is 0 Å². The fourth-order valence-electron chi connectivity index (χ4n) is 7.12. The monoisotopic (exact) mass is 450 g/mol. The van der Waals surface area contributed by atoms with E-state index in [1.807, 2.05) is 18.2 Å². The minimum atomic E-state index is -0.798. The van der Waals surface area contributed by atoms with E-state index in [1.54, 1.807) is 12.1 Å². The second kappa shape index (κ2) is 8.07. The van der Waals surface area contributed by atoms with Crippen molar-refractivity contribution < 1.29 is 14.6 Å². The Morgan fingerprint density at radius 1 is 1.00 bits per heavy atom. The molecule has 176 valence electrons. The number of benzene rings is 2. The molecule has 6 rings (SSSR count). The number of hydrogen-bond acceptors (Lipinski definition) is 4. The number of piperidine rings is 1. The molecular formula is C28H35FN2O2. The normalized spacial score (nSPS) is 32.1. The quantitative estimate of drug-likeness (QED) is 0.726. The van der Waals surface area contributed by atoms with Crippen LogP contribution in [0.15, 0.2) is 42.5 Å². The Bertz CT molecular complexity index is 1040. The molecule has 1 saturated carbocycles. The summed E-state index contributed by atoms with van der Waals surface area (Å²) >= 11 is 0. The van der Waals surface area contributed by atoms with Gasteiger partial charge in [0, 0.05) is 31.1 Å². The third-order valence-electron chi connectivity index (χ3n) is 9.18. The van der Waals surface area contributed by atoms with E-state index in [9.17, 15) is 14.6 Å². The fraction of sp³-hybridized carbons (Fsp3) is 0.571. The number of nitrogens with zero attached hydrogens (tertiary/aromatic N) is 2. The van der Waals surface area contributed by atoms with Crippen LogP contribution in [0.5, 0.6) is 5.75 Å². The molecule has 33 heavy (non-hydrogen) atoms. The average molecular weight is 451 g/mol. The zero-order valence-corrected chi connectivity index (χ0v) is 19.3. The predicted molar refractivity (Wildman–Crippen MR) is 127 cm³/mol. The van der Waals surface area contributed by atoms with Crippen LogP contribution in [0.3, 0.4) is 0 Å². The van der Waals surface area contributed by atoms with Crippen LogP contribution in [0.1, 0.15) is 48.8 Å². The lowest BCUT2D eigenvalue weighted by Crippen LogP contribution is -2.71. The standard InChI is InChI=1S/C28H35FN2O2/c29-25-4-2-1-3-21(25)9-13-30-14-10-27-11-16-31(19-20-5-6-20)26(28(27,33)12-15-30)17-22-7-8-23(32)18-24(22)27/h1-4,7-8,18,20,26,32-33H,5-6,9-17,19H2. The number of hydrogen-bond donors (Lipinski definition) is 2. The zero-order chi connectivity index (χ0) is 22.6. The van der Waals surface area contributed by atoms with Crippen molar-refractivity contribution >= 4 is 0 Å². The van der Waals surface area contributed by atoms with Crippen molar-refractivity contribution in [3.8, 4) is 5.75 Å². The van der Waals surface area contributed by atoms with Crippen molar-refractivity contribution in [2.45, 2.75) is 62.0 Å². The molecule has 2 aliphatic carbocycles. The molecule has 3 unspecified atom stereocenters. The molecular weight excluding hydrogens is 415 g/mol. The van der Waals surface area contributed by atoms with Crippen molar-refractivity contribution in [1.29, 1.82) is 0 Å². The van der Waals surface area contributed by atoms with E-state index in [1.165, 1.54) is 30.0 Å². The highest BCUT2D eigenvalue weighted by Crippen LogP contribution is 2.56. The molecule has 5 heteroatoms. The fourth-order valence-corrected chi connectivity index (χ4v) is 7.12. The van der Waals surface area contributed by atoms with Crippen LogP contribution in [0.2, 0.25) is 0 Å². The molecule has 4 nitrogen and oxygen atoms in total. The molecule has 2 bridgehead atoms. The number of likely N-dealkylation sites (tertiary alicyclic amines) is 2. The summed E-state index contributed by atoms with van der Waals surface area (Å²) in [5.41, 5.74) is 2.11. The second-order valence-electron chi connectivity index (χ2n) is 10.9. The maximum absolute atomic E-state index is 14.2. The summed E-state index contributed by atoms with van der Waals surface area (Å²) in [7, 11) is 0. The number of aliphatic hydroxyl groups is 1. The van der Waals surface area contributed by atoms with Crippen LogP contribution < -0.4 is 0 Å². The first-order chi connectivity index (χ1) is 16.0. The highest BCUT2D eigenvalue weighted by atomic mass is 19.1. The van der Waals surface area contributed by atoms with Gasteiger partial charge in [0.25, 0.3) is 0 Å². The first kappa shape index (κ1) is 21.6. The van der Waals surface area contributed by atoms with Crippen LogP contribution in [0.4, 0.5) is 4.39 Å². The van der Waals surface area contributed by atoms with Gasteiger partial charge in [0.1, 0.15) is 11.6 Å². The van der Waals surface area contributed by atoms with Gasteiger partial charge in [-0.05, 0) is 98.8 Å². The first-order valence-corrected chi connectivity index (χ1v) is 12.7. The highest BCUT2D eigenvalue weighted by Gasteiger charge is 2.63. The van der Waals surface area contributed by atoms with Crippen LogP contribution in [-0.4, -0.2) is 64.4 Å². The predicted octanol–water partition coefficient (Wildman–Crippen LogP) is 3.88. The van der Waals surface area contributed by atoms with Crippen LogP contribution in [0.25, 0.3) is 0 Å². The van der Waals surface area contributed by atoms with Crippen LogP contribution in [-0.2, 0) is 18.3 Å². The Balaban J connectivity index is 1.31. The van der Waals surface area contributed by atoms with Gasteiger partial charge in [0.2, 0.25) is 0 Å². The number of phenolic OH excluding ortho intramolecular Hbond substituents is 1. The number of phenols is 1. The molecule has 2 heterocycles. The molecule has 4 aliphatic rings. The molecule has 0 radical (unpaired) electrons. The summed E-state index contributed by atoms with van der Waals surface area (Å²) in [6.07, 6.45) is 6.73. The summed E-state index contributed by atoms with van der Waals surface area (Å²) in [5, 5.41) is 22.9. The molecule has 2 aromatic carbocycles. The van der Waals surface area contributed by atoms with Crippen LogP contribution in [0, 0.1) is 11.7 Å². The molecule has 0 spiro atoms. The Morgan fingerprint density at radius 3 is 2.61 bits per heavy atom. The van der Waals surface area contributed by atoms with Gasteiger partial charge in [-0.15, -0.1) is 0 Å². The smallest absolute Gasteiger partial charge is 0.126 e.